The van der Waals surface area contributed by atoms with Gasteiger partial charge < -0.3 is 0 Å². The smallest absolute Gasteiger partial charge is 0.188 e. The Balaban J connectivity index is 0.000000963. The van der Waals surface area contributed by atoms with Crippen LogP contribution in [0.2, 0.25) is 0 Å². The van der Waals surface area contributed by atoms with Gasteiger partial charge in [0.1, 0.15) is 11.7 Å². The summed E-state index contributed by atoms with van der Waals surface area (Å²) in [7, 11) is 2.14. The SMILES string of the molecule is Cc1sc2ccc3ccccc3c2[n+]1C.I. The molecule has 2 aromatic carbocycles. The highest BCUT2D eigenvalue weighted by atomic mass is 127. The van der Waals surface area contributed by atoms with Gasteiger partial charge in [-0.3, -0.25) is 0 Å². The van der Waals surface area contributed by atoms with Gasteiger partial charge in [0.05, 0.1) is 5.39 Å². The van der Waals surface area contributed by atoms with E-state index in [-0.39, 0.29) is 24.0 Å². The number of thiazole rings is 1. The molecule has 1 aromatic heterocycles. The molecule has 0 unspecified atom stereocenters. The molecule has 3 rings (SSSR count). The summed E-state index contributed by atoms with van der Waals surface area (Å²) in [6.45, 7) is 2.17. The second-order valence-corrected chi connectivity index (χ2v) is 5.05. The van der Waals surface area contributed by atoms with Gasteiger partial charge in [0.15, 0.2) is 0 Å². The van der Waals surface area contributed by atoms with Crippen molar-refractivity contribution in [1.82, 2.24) is 0 Å². The molecule has 0 aliphatic carbocycles. The Bertz CT molecular complexity index is 657. The van der Waals surface area contributed by atoms with Crippen LogP contribution in [0, 0.1) is 6.92 Å². The number of aryl methyl sites for hydroxylation is 2. The largest absolute Gasteiger partial charge is 0.234 e. The highest BCUT2D eigenvalue weighted by Gasteiger charge is 2.15. The topological polar surface area (TPSA) is 3.88 Å². The van der Waals surface area contributed by atoms with Crippen molar-refractivity contribution in [3.8, 4) is 0 Å². The molecule has 1 nitrogen and oxygen atoms in total. The van der Waals surface area contributed by atoms with E-state index in [2.05, 4.69) is 54.9 Å². The number of benzene rings is 2. The number of halogens is 1. The predicted octanol–water partition coefficient (Wildman–Crippen LogP) is 3.81. The fourth-order valence-corrected chi connectivity index (χ4v) is 3.07. The Labute approximate surface area is 116 Å². The van der Waals surface area contributed by atoms with Crippen molar-refractivity contribution in [2.75, 3.05) is 0 Å². The number of hydrogen-bond donors (Lipinski definition) is 0. The Kier molecular flexibility index (Phi) is 3.17. The van der Waals surface area contributed by atoms with Gasteiger partial charge in [0.25, 0.3) is 0 Å². The molecule has 16 heavy (non-hydrogen) atoms. The fourth-order valence-electron chi connectivity index (χ4n) is 2.05. The van der Waals surface area contributed by atoms with Crippen molar-refractivity contribution in [3.05, 3.63) is 41.4 Å². The molecule has 1 heterocycles. The van der Waals surface area contributed by atoms with Crippen molar-refractivity contribution in [1.29, 1.82) is 0 Å². The summed E-state index contributed by atoms with van der Waals surface area (Å²) in [4.78, 5) is 0. The average Bonchev–Trinajstić information content (AvgIpc) is 2.55. The summed E-state index contributed by atoms with van der Waals surface area (Å²) in [5, 5.41) is 4.02. The van der Waals surface area contributed by atoms with Crippen LogP contribution in [0.15, 0.2) is 36.4 Å². The molecule has 82 valence electrons. The van der Waals surface area contributed by atoms with Gasteiger partial charge in [-0.15, -0.1) is 24.0 Å². The molecule has 0 fully saturated rings. The second kappa shape index (κ2) is 4.30. The maximum absolute atomic E-state index is 2.28. The lowest BCUT2D eigenvalue weighted by Gasteiger charge is -1.95. The van der Waals surface area contributed by atoms with Crippen molar-refractivity contribution < 1.29 is 4.57 Å². The first kappa shape index (κ1) is 11.8. The highest BCUT2D eigenvalue weighted by molar-refractivity contribution is 14.0. The monoisotopic (exact) mass is 342 g/mol. The van der Waals surface area contributed by atoms with E-state index in [4.69, 9.17) is 0 Å². The molecule has 3 aromatic rings. The van der Waals surface area contributed by atoms with Crippen LogP contribution in [0.5, 0.6) is 0 Å². The van der Waals surface area contributed by atoms with Crippen LogP contribution in [0.25, 0.3) is 21.0 Å². The molecule has 0 amide bonds. The molecule has 0 atom stereocenters. The van der Waals surface area contributed by atoms with E-state index >= 15 is 0 Å². The zero-order chi connectivity index (χ0) is 10.4. The zero-order valence-corrected chi connectivity index (χ0v) is 12.4. The molecular formula is C13H13INS+. The molecule has 0 radical (unpaired) electrons. The fraction of sp³-hybridized carbons (Fsp3) is 0.154. The lowest BCUT2D eigenvalue weighted by molar-refractivity contribution is -0.645. The maximum Gasteiger partial charge on any atom is 0.234 e. The molecule has 0 bridgehead atoms. The van der Waals surface area contributed by atoms with Crippen LogP contribution >= 0.6 is 35.3 Å². The number of aromatic nitrogens is 1. The zero-order valence-electron chi connectivity index (χ0n) is 9.23. The Morgan fingerprint density at radius 3 is 2.62 bits per heavy atom. The number of hydrogen-bond acceptors (Lipinski definition) is 1. The van der Waals surface area contributed by atoms with Gasteiger partial charge in [-0.2, -0.15) is 4.57 Å². The average molecular weight is 342 g/mol. The van der Waals surface area contributed by atoms with Gasteiger partial charge >= 0.3 is 0 Å². The van der Waals surface area contributed by atoms with Crippen molar-refractivity contribution in [2.45, 2.75) is 6.92 Å². The van der Waals surface area contributed by atoms with E-state index in [1.165, 1.54) is 26.0 Å². The molecule has 0 aliphatic heterocycles. The lowest BCUT2D eigenvalue weighted by atomic mass is 10.1. The van der Waals surface area contributed by atoms with Crippen LogP contribution < -0.4 is 4.57 Å². The van der Waals surface area contributed by atoms with E-state index in [1.54, 1.807) is 0 Å². The summed E-state index contributed by atoms with van der Waals surface area (Å²) in [6, 6.07) is 13.0. The Morgan fingerprint density at radius 1 is 1.06 bits per heavy atom. The quantitative estimate of drug-likeness (QED) is 0.432. The summed E-state index contributed by atoms with van der Waals surface area (Å²) in [6.07, 6.45) is 0. The summed E-state index contributed by atoms with van der Waals surface area (Å²) in [5.41, 5.74) is 1.36. The van der Waals surface area contributed by atoms with Crippen molar-refractivity contribution >= 4 is 56.3 Å². The normalized spacial score (nSPS) is 10.6. The van der Waals surface area contributed by atoms with Crippen LogP contribution in [-0.4, -0.2) is 0 Å². The third kappa shape index (κ3) is 1.62. The molecule has 3 heteroatoms. The number of fused-ring (bicyclic) bond motifs is 3. The first-order valence-electron chi connectivity index (χ1n) is 5.04. The lowest BCUT2D eigenvalue weighted by Crippen LogP contribution is -2.28. The first-order valence-corrected chi connectivity index (χ1v) is 5.86. The van der Waals surface area contributed by atoms with E-state index in [9.17, 15) is 0 Å². The third-order valence-corrected chi connectivity index (χ3v) is 4.05. The molecular weight excluding hydrogens is 329 g/mol. The highest BCUT2D eigenvalue weighted by Crippen LogP contribution is 2.27. The standard InChI is InChI=1S/C13H12NS.HI/c1-9-14(2)13-11-6-4-3-5-10(11)7-8-12(13)15-9;/h3-8H,1-2H3;1H/q+1;. The van der Waals surface area contributed by atoms with E-state index in [1.807, 2.05) is 11.3 Å². The summed E-state index contributed by atoms with van der Waals surface area (Å²) in [5.74, 6) is 0. The molecule has 0 saturated heterocycles. The molecule has 0 spiro atoms. The first-order chi connectivity index (χ1) is 7.27. The maximum atomic E-state index is 2.28. The van der Waals surface area contributed by atoms with Crippen LogP contribution in [-0.2, 0) is 7.05 Å². The Hall–Kier alpha value is -0.680. The van der Waals surface area contributed by atoms with Crippen LogP contribution in [0.3, 0.4) is 0 Å². The molecule has 0 aliphatic rings. The molecule has 0 saturated carbocycles. The van der Waals surface area contributed by atoms with E-state index < -0.39 is 0 Å². The van der Waals surface area contributed by atoms with Gasteiger partial charge in [-0.05, 0) is 17.5 Å². The predicted molar refractivity (Wildman–Crippen MR) is 80.7 cm³/mol. The molecule has 0 N–H and O–H groups in total. The summed E-state index contributed by atoms with van der Waals surface area (Å²) < 4.78 is 3.65. The number of nitrogens with zero attached hydrogens (tertiary/aromatic N) is 1. The minimum absolute atomic E-state index is 0. The van der Waals surface area contributed by atoms with Gasteiger partial charge in [-0.25, -0.2) is 0 Å². The van der Waals surface area contributed by atoms with Gasteiger partial charge in [-0.1, -0.05) is 35.6 Å². The third-order valence-electron chi connectivity index (χ3n) is 2.93. The Morgan fingerprint density at radius 2 is 1.81 bits per heavy atom. The van der Waals surface area contributed by atoms with E-state index in [0.29, 0.717) is 0 Å². The number of rotatable bonds is 0. The minimum Gasteiger partial charge on any atom is -0.188 e. The second-order valence-electron chi connectivity index (χ2n) is 3.81. The summed E-state index contributed by atoms with van der Waals surface area (Å²) >= 11 is 1.86. The van der Waals surface area contributed by atoms with Crippen LogP contribution in [0.1, 0.15) is 5.01 Å². The van der Waals surface area contributed by atoms with Gasteiger partial charge in [0, 0.05) is 6.92 Å². The van der Waals surface area contributed by atoms with E-state index in [0.717, 1.165) is 0 Å². The minimum atomic E-state index is 0. The van der Waals surface area contributed by atoms with Crippen molar-refractivity contribution in [2.24, 2.45) is 7.05 Å². The van der Waals surface area contributed by atoms with Crippen LogP contribution in [0.4, 0.5) is 0 Å². The van der Waals surface area contributed by atoms with Gasteiger partial charge in [0.2, 0.25) is 10.5 Å². The van der Waals surface area contributed by atoms with Crippen molar-refractivity contribution in [3.63, 3.8) is 0 Å².